The zero-order valence-electron chi connectivity index (χ0n) is 10.8. The highest BCUT2D eigenvalue weighted by molar-refractivity contribution is 5.76. The lowest BCUT2D eigenvalue weighted by molar-refractivity contribution is -0.122. The first-order valence-electron chi connectivity index (χ1n) is 6.61. The van der Waals surface area contributed by atoms with E-state index in [0.29, 0.717) is 12.3 Å². The van der Waals surface area contributed by atoms with E-state index < -0.39 is 0 Å². The molecule has 18 heavy (non-hydrogen) atoms. The molecule has 0 spiro atoms. The summed E-state index contributed by atoms with van der Waals surface area (Å²) in [6.45, 7) is 1.98. The number of carbonyl (C=O) groups is 1. The van der Waals surface area contributed by atoms with Gasteiger partial charge >= 0.3 is 0 Å². The highest BCUT2D eigenvalue weighted by Gasteiger charge is 2.26. The molecule has 1 aromatic rings. The lowest BCUT2D eigenvalue weighted by Crippen LogP contribution is -2.32. The van der Waals surface area contributed by atoms with Crippen LogP contribution in [0.2, 0.25) is 0 Å². The number of carbonyl (C=O) groups excluding carboxylic acids is 1. The molecule has 0 aliphatic heterocycles. The molecule has 4 nitrogen and oxygen atoms in total. The molecule has 3 N–H and O–H groups in total. The normalized spacial score (nSPS) is 24.8. The Morgan fingerprint density at radius 3 is 3.06 bits per heavy atom. The molecule has 2 rings (SSSR count). The fourth-order valence-electron chi connectivity index (χ4n) is 2.57. The molecular formula is C14H21N3O. The zero-order valence-corrected chi connectivity index (χ0v) is 10.8. The number of pyridine rings is 1. The van der Waals surface area contributed by atoms with Crippen LogP contribution in [0.25, 0.3) is 0 Å². The monoisotopic (exact) mass is 247 g/mol. The number of nitrogens with zero attached hydrogens (tertiary/aromatic N) is 1. The topological polar surface area (TPSA) is 68.0 Å². The van der Waals surface area contributed by atoms with Gasteiger partial charge in [-0.1, -0.05) is 12.5 Å². The van der Waals surface area contributed by atoms with Gasteiger partial charge in [0.25, 0.3) is 0 Å². The van der Waals surface area contributed by atoms with Crippen LogP contribution >= 0.6 is 0 Å². The Hall–Kier alpha value is -1.42. The van der Waals surface area contributed by atoms with Gasteiger partial charge in [0.15, 0.2) is 0 Å². The maximum absolute atomic E-state index is 11.9. The summed E-state index contributed by atoms with van der Waals surface area (Å²) in [7, 11) is 0. The first-order valence-corrected chi connectivity index (χ1v) is 6.61. The summed E-state index contributed by atoms with van der Waals surface area (Å²) in [5, 5.41) is 3.01. The highest BCUT2D eigenvalue weighted by Crippen LogP contribution is 2.26. The predicted octanol–water partition coefficient (Wildman–Crippen LogP) is 1.78. The Balaban J connectivity index is 1.84. The molecule has 98 valence electrons. The Labute approximate surface area is 108 Å². The number of nitrogens with one attached hydrogen (secondary N) is 1. The van der Waals surface area contributed by atoms with E-state index in [4.69, 9.17) is 5.73 Å². The van der Waals surface area contributed by atoms with Crippen molar-refractivity contribution in [3.8, 4) is 0 Å². The first kappa shape index (κ1) is 13.0. The number of hydrogen-bond donors (Lipinski definition) is 2. The summed E-state index contributed by atoms with van der Waals surface area (Å²) in [5.41, 5.74) is 7.01. The summed E-state index contributed by atoms with van der Waals surface area (Å²) < 4.78 is 0. The zero-order chi connectivity index (χ0) is 13.0. The minimum atomic E-state index is 0.00354. The number of nitrogens with two attached hydrogens (primary N) is 1. The molecule has 4 heteroatoms. The first-order chi connectivity index (χ1) is 8.66. The van der Waals surface area contributed by atoms with E-state index in [1.54, 1.807) is 12.4 Å². The number of hydrogen-bond acceptors (Lipinski definition) is 3. The fraction of sp³-hybridized carbons (Fsp3) is 0.571. The van der Waals surface area contributed by atoms with Gasteiger partial charge in [0, 0.05) is 24.9 Å². The number of rotatable bonds is 4. The molecule has 0 bridgehead atoms. The van der Waals surface area contributed by atoms with Crippen LogP contribution in [0.4, 0.5) is 0 Å². The van der Waals surface area contributed by atoms with Crippen molar-refractivity contribution in [2.24, 2.45) is 11.7 Å². The van der Waals surface area contributed by atoms with E-state index in [1.165, 1.54) is 0 Å². The molecule has 1 heterocycles. The minimum absolute atomic E-state index is 0.00354. The van der Waals surface area contributed by atoms with Crippen molar-refractivity contribution >= 4 is 5.91 Å². The molecule has 0 aromatic carbocycles. The number of aromatic nitrogens is 1. The van der Waals surface area contributed by atoms with Crippen LogP contribution < -0.4 is 11.1 Å². The van der Waals surface area contributed by atoms with Crippen LogP contribution in [-0.2, 0) is 4.79 Å². The summed E-state index contributed by atoms with van der Waals surface area (Å²) in [5.74, 6) is 0.444. The highest BCUT2D eigenvalue weighted by atomic mass is 16.1. The molecule has 3 atom stereocenters. The Bertz CT molecular complexity index is 393. The van der Waals surface area contributed by atoms with Gasteiger partial charge < -0.3 is 11.1 Å². The lowest BCUT2D eigenvalue weighted by atomic mass is 9.99. The van der Waals surface area contributed by atoms with Gasteiger partial charge in [-0.3, -0.25) is 9.78 Å². The van der Waals surface area contributed by atoms with Crippen LogP contribution in [0.5, 0.6) is 0 Å². The molecular weight excluding hydrogens is 226 g/mol. The van der Waals surface area contributed by atoms with Crippen molar-refractivity contribution in [3.05, 3.63) is 30.1 Å². The van der Waals surface area contributed by atoms with E-state index in [0.717, 1.165) is 24.8 Å². The second-order valence-electron chi connectivity index (χ2n) is 5.13. The molecule has 1 amide bonds. The molecule has 1 fully saturated rings. The van der Waals surface area contributed by atoms with Gasteiger partial charge in [0.2, 0.25) is 5.91 Å². The van der Waals surface area contributed by atoms with Crippen LogP contribution in [0.3, 0.4) is 0 Å². The third kappa shape index (κ3) is 3.29. The van der Waals surface area contributed by atoms with Crippen LogP contribution in [0.15, 0.2) is 24.5 Å². The second-order valence-corrected chi connectivity index (χ2v) is 5.13. The number of amides is 1. The predicted molar refractivity (Wildman–Crippen MR) is 70.7 cm³/mol. The summed E-state index contributed by atoms with van der Waals surface area (Å²) in [4.78, 5) is 16.0. The van der Waals surface area contributed by atoms with Crippen molar-refractivity contribution < 1.29 is 4.79 Å². The standard InChI is InChI=1S/C14H21N3O/c1-10(12-5-3-7-16-9-12)17-14(18)8-11-4-2-6-13(11)15/h3,5,7,9-11,13H,2,4,6,8,15H2,1H3,(H,17,18)/t10?,11-,13+/m0/s1. The molecule has 0 saturated heterocycles. The lowest BCUT2D eigenvalue weighted by Gasteiger charge is -2.18. The summed E-state index contributed by atoms with van der Waals surface area (Å²) >= 11 is 0. The van der Waals surface area contributed by atoms with Crippen molar-refractivity contribution in [3.63, 3.8) is 0 Å². The van der Waals surface area contributed by atoms with Crippen LogP contribution in [-0.4, -0.2) is 16.9 Å². The maximum Gasteiger partial charge on any atom is 0.220 e. The van der Waals surface area contributed by atoms with E-state index in [9.17, 15) is 4.79 Å². The summed E-state index contributed by atoms with van der Waals surface area (Å²) in [6.07, 6.45) is 7.34. The van der Waals surface area contributed by atoms with Crippen molar-refractivity contribution in [1.82, 2.24) is 10.3 Å². The Morgan fingerprint density at radius 2 is 2.44 bits per heavy atom. The fourth-order valence-corrected chi connectivity index (χ4v) is 2.57. The quantitative estimate of drug-likeness (QED) is 0.852. The second kappa shape index (κ2) is 5.96. The SMILES string of the molecule is CC(NC(=O)C[C@@H]1CCC[C@H]1N)c1cccnc1. The van der Waals surface area contributed by atoms with Crippen molar-refractivity contribution in [2.45, 2.75) is 44.7 Å². The maximum atomic E-state index is 11.9. The van der Waals surface area contributed by atoms with E-state index >= 15 is 0 Å². The van der Waals surface area contributed by atoms with Crippen LogP contribution in [0, 0.1) is 5.92 Å². The van der Waals surface area contributed by atoms with Crippen molar-refractivity contribution in [2.75, 3.05) is 0 Å². The van der Waals surface area contributed by atoms with Crippen molar-refractivity contribution in [1.29, 1.82) is 0 Å². The van der Waals surface area contributed by atoms with E-state index in [1.807, 2.05) is 19.1 Å². The third-order valence-corrected chi connectivity index (χ3v) is 3.73. The van der Waals surface area contributed by atoms with Crippen LogP contribution in [0.1, 0.15) is 44.2 Å². The average Bonchev–Trinajstić information content (AvgIpc) is 2.76. The Kier molecular flexibility index (Phi) is 4.31. The largest absolute Gasteiger partial charge is 0.350 e. The molecule has 1 aliphatic rings. The molecule has 0 radical (unpaired) electrons. The molecule has 1 aliphatic carbocycles. The third-order valence-electron chi connectivity index (χ3n) is 3.73. The smallest absolute Gasteiger partial charge is 0.220 e. The van der Waals surface area contributed by atoms with Gasteiger partial charge in [-0.25, -0.2) is 0 Å². The van der Waals surface area contributed by atoms with E-state index in [2.05, 4.69) is 10.3 Å². The summed E-state index contributed by atoms with van der Waals surface area (Å²) in [6, 6.07) is 4.05. The molecule has 1 saturated carbocycles. The Morgan fingerprint density at radius 1 is 1.61 bits per heavy atom. The minimum Gasteiger partial charge on any atom is -0.350 e. The van der Waals surface area contributed by atoms with Gasteiger partial charge in [-0.2, -0.15) is 0 Å². The van der Waals surface area contributed by atoms with Gasteiger partial charge in [-0.15, -0.1) is 0 Å². The van der Waals surface area contributed by atoms with Gasteiger partial charge in [0.05, 0.1) is 6.04 Å². The molecule has 1 unspecified atom stereocenters. The average molecular weight is 247 g/mol. The van der Waals surface area contributed by atoms with Gasteiger partial charge in [-0.05, 0) is 37.3 Å². The van der Waals surface area contributed by atoms with Gasteiger partial charge in [0.1, 0.15) is 0 Å². The molecule has 1 aromatic heterocycles. The van der Waals surface area contributed by atoms with E-state index in [-0.39, 0.29) is 18.0 Å².